The Morgan fingerprint density at radius 3 is 1.53 bits per heavy atom. The Kier molecular flexibility index (Phi) is 8.24. The van der Waals surface area contributed by atoms with Crippen molar-refractivity contribution in [2.24, 2.45) is 0 Å². The number of para-hydroxylation sites is 1. The van der Waals surface area contributed by atoms with E-state index in [2.05, 4.69) is 229 Å². The summed E-state index contributed by atoms with van der Waals surface area (Å²) in [6, 6.07) is 81.6. The topological polar surface area (TPSA) is 3.24 Å². The van der Waals surface area contributed by atoms with E-state index in [4.69, 9.17) is 0 Å². The Bertz CT molecular complexity index is 2920. The number of hydrogen-bond donors (Lipinski definition) is 0. The first-order valence-electron chi connectivity index (χ1n) is 18.9. The second-order valence-electron chi connectivity index (χ2n) is 14.2. The highest BCUT2D eigenvalue weighted by Crippen LogP contribution is 2.45. The maximum absolute atomic E-state index is 2.45. The van der Waals surface area contributed by atoms with Crippen LogP contribution >= 0.6 is 0 Å². The van der Waals surface area contributed by atoms with Crippen molar-refractivity contribution < 1.29 is 0 Å². The number of hydrogen-bond acceptors (Lipinski definition) is 1. The molecule has 1 heteroatoms. The number of rotatable bonds is 7. The average molecular weight is 700 g/mol. The first kappa shape index (κ1) is 32.4. The van der Waals surface area contributed by atoms with Gasteiger partial charge in [0.15, 0.2) is 0 Å². The lowest BCUT2D eigenvalue weighted by Crippen LogP contribution is -2.12. The molecule has 10 aromatic carbocycles. The Labute approximate surface area is 322 Å². The van der Waals surface area contributed by atoms with Gasteiger partial charge in [-0.1, -0.05) is 176 Å². The van der Waals surface area contributed by atoms with Gasteiger partial charge in [-0.15, -0.1) is 0 Å². The van der Waals surface area contributed by atoms with Crippen LogP contribution in [0.3, 0.4) is 0 Å². The molecule has 0 amide bonds. The van der Waals surface area contributed by atoms with Crippen molar-refractivity contribution in [3.63, 3.8) is 0 Å². The molecule has 258 valence electrons. The number of nitrogens with zero attached hydrogens (tertiary/aromatic N) is 1. The van der Waals surface area contributed by atoms with E-state index >= 15 is 0 Å². The molecular weight excluding hydrogens is 663 g/mol. The molecule has 0 fully saturated rings. The minimum Gasteiger partial charge on any atom is -0.310 e. The van der Waals surface area contributed by atoms with Crippen LogP contribution in [-0.4, -0.2) is 0 Å². The summed E-state index contributed by atoms with van der Waals surface area (Å²) in [5.74, 6) is 0. The molecule has 0 spiro atoms. The molecule has 10 aromatic rings. The van der Waals surface area contributed by atoms with E-state index < -0.39 is 0 Å². The van der Waals surface area contributed by atoms with E-state index in [1.54, 1.807) is 0 Å². The van der Waals surface area contributed by atoms with E-state index in [0.717, 1.165) is 17.1 Å². The normalized spacial score (nSPS) is 11.3. The SMILES string of the molecule is c1ccc(-c2cc(-c3ccccc3)cc(N(c3cccc(-c4cc5ccccc5c5ccccc45)c3)c3ccccc3-c3ccc4ccccc4c3)c2)cc1. The maximum atomic E-state index is 2.45. The van der Waals surface area contributed by atoms with Crippen molar-refractivity contribution in [1.29, 1.82) is 0 Å². The third-order valence-electron chi connectivity index (χ3n) is 10.8. The van der Waals surface area contributed by atoms with Gasteiger partial charge in [-0.2, -0.15) is 0 Å². The van der Waals surface area contributed by atoms with E-state index in [-0.39, 0.29) is 0 Å². The Morgan fingerprint density at radius 2 is 0.782 bits per heavy atom. The molecule has 0 saturated heterocycles. The third-order valence-corrected chi connectivity index (χ3v) is 10.8. The van der Waals surface area contributed by atoms with E-state index in [9.17, 15) is 0 Å². The zero-order chi connectivity index (χ0) is 36.6. The predicted molar refractivity (Wildman–Crippen MR) is 235 cm³/mol. The molecule has 1 nitrogen and oxygen atoms in total. The summed E-state index contributed by atoms with van der Waals surface area (Å²) in [5, 5.41) is 7.49. The molecule has 0 heterocycles. The van der Waals surface area contributed by atoms with Crippen molar-refractivity contribution in [2.75, 3.05) is 4.90 Å². The number of fused-ring (bicyclic) bond motifs is 4. The molecule has 0 atom stereocenters. The van der Waals surface area contributed by atoms with Crippen LogP contribution in [0.4, 0.5) is 17.1 Å². The summed E-state index contributed by atoms with van der Waals surface area (Å²) < 4.78 is 0. The van der Waals surface area contributed by atoms with E-state index in [1.807, 2.05) is 0 Å². The Balaban J connectivity index is 1.24. The van der Waals surface area contributed by atoms with Crippen LogP contribution in [0.25, 0.3) is 76.8 Å². The van der Waals surface area contributed by atoms with E-state index in [0.29, 0.717) is 0 Å². The van der Waals surface area contributed by atoms with Gasteiger partial charge in [-0.3, -0.25) is 0 Å². The highest BCUT2D eigenvalue weighted by molar-refractivity contribution is 6.14. The summed E-state index contributed by atoms with van der Waals surface area (Å²) in [6.45, 7) is 0. The van der Waals surface area contributed by atoms with Gasteiger partial charge < -0.3 is 4.90 Å². The van der Waals surface area contributed by atoms with Crippen molar-refractivity contribution in [3.05, 3.63) is 224 Å². The van der Waals surface area contributed by atoms with Gasteiger partial charge in [0.1, 0.15) is 0 Å². The third kappa shape index (κ3) is 6.12. The quantitative estimate of drug-likeness (QED) is 0.150. The van der Waals surface area contributed by atoms with Crippen molar-refractivity contribution in [3.8, 4) is 44.5 Å². The van der Waals surface area contributed by atoms with E-state index in [1.165, 1.54) is 76.8 Å². The zero-order valence-corrected chi connectivity index (χ0v) is 30.3. The molecule has 55 heavy (non-hydrogen) atoms. The second-order valence-corrected chi connectivity index (χ2v) is 14.2. The molecule has 0 aliphatic carbocycles. The van der Waals surface area contributed by atoms with Gasteiger partial charge in [0, 0.05) is 16.9 Å². The van der Waals surface area contributed by atoms with Gasteiger partial charge in [0.2, 0.25) is 0 Å². The summed E-state index contributed by atoms with van der Waals surface area (Å²) in [4.78, 5) is 2.45. The van der Waals surface area contributed by atoms with Gasteiger partial charge >= 0.3 is 0 Å². The average Bonchev–Trinajstić information content (AvgIpc) is 3.27. The molecule has 0 aliphatic rings. The summed E-state index contributed by atoms with van der Waals surface area (Å²) >= 11 is 0. The standard InChI is InChI=1S/C54H37N/c1-3-16-38(17-4-1)45-33-46(39-18-5-2-6-19-39)36-48(35-45)55(54-29-14-13-26-50(54)44-31-30-40-20-7-8-21-41(40)32-44)47-24-15-23-42(34-47)53-37-43-22-9-10-25-49(43)51-27-11-12-28-52(51)53/h1-37H. The fourth-order valence-corrected chi connectivity index (χ4v) is 8.14. The lowest BCUT2D eigenvalue weighted by atomic mass is 9.92. The van der Waals surface area contributed by atoms with Crippen LogP contribution in [0.2, 0.25) is 0 Å². The predicted octanol–water partition coefficient (Wildman–Crippen LogP) is 15.3. The first-order chi connectivity index (χ1) is 27.3. The zero-order valence-electron chi connectivity index (χ0n) is 30.3. The highest BCUT2D eigenvalue weighted by Gasteiger charge is 2.20. The smallest absolute Gasteiger partial charge is 0.0540 e. The highest BCUT2D eigenvalue weighted by atomic mass is 15.1. The number of anilines is 3. The van der Waals surface area contributed by atoms with Gasteiger partial charge in [0.25, 0.3) is 0 Å². The summed E-state index contributed by atoms with van der Waals surface area (Å²) in [5.41, 5.74) is 12.7. The second kappa shape index (κ2) is 14.0. The molecule has 0 bridgehead atoms. The summed E-state index contributed by atoms with van der Waals surface area (Å²) in [6.07, 6.45) is 0. The van der Waals surface area contributed by atoms with Gasteiger partial charge in [-0.25, -0.2) is 0 Å². The minimum atomic E-state index is 1.09. The fraction of sp³-hybridized carbons (Fsp3) is 0. The monoisotopic (exact) mass is 699 g/mol. The molecule has 0 saturated carbocycles. The Morgan fingerprint density at radius 1 is 0.236 bits per heavy atom. The maximum Gasteiger partial charge on any atom is 0.0540 e. The molecule has 0 N–H and O–H groups in total. The lowest BCUT2D eigenvalue weighted by molar-refractivity contribution is 1.28. The van der Waals surface area contributed by atoms with Crippen LogP contribution < -0.4 is 4.90 Å². The van der Waals surface area contributed by atoms with Crippen molar-refractivity contribution in [1.82, 2.24) is 0 Å². The van der Waals surface area contributed by atoms with Crippen LogP contribution in [0.5, 0.6) is 0 Å². The first-order valence-corrected chi connectivity index (χ1v) is 18.9. The largest absolute Gasteiger partial charge is 0.310 e. The van der Waals surface area contributed by atoms with Crippen LogP contribution in [0, 0.1) is 0 Å². The van der Waals surface area contributed by atoms with Gasteiger partial charge in [-0.05, 0) is 120 Å². The Hall–Kier alpha value is -7.22. The molecule has 10 rings (SSSR count). The van der Waals surface area contributed by atoms with Crippen LogP contribution in [-0.2, 0) is 0 Å². The molecule has 0 aliphatic heterocycles. The van der Waals surface area contributed by atoms with Crippen molar-refractivity contribution >= 4 is 49.4 Å². The molecule has 0 aromatic heterocycles. The van der Waals surface area contributed by atoms with Crippen molar-refractivity contribution in [2.45, 2.75) is 0 Å². The van der Waals surface area contributed by atoms with Crippen LogP contribution in [0.1, 0.15) is 0 Å². The fourth-order valence-electron chi connectivity index (χ4n) is 8.14. The molecule has 0 radical (unpaired) electrons. The molecular formula is C54H37N. The van der Waals surface area contributed by atoms with Gasteiger partial charge in [0.05, 0.1) is 5.69 Å². The van der Waals surface area contributed by atoms with Crippen LogP contribution in [0.15, 0.2) is 224 Å². The summed E-state index contributed by atoms with van der Waals surface area (Å²) in [7, 11) is 0. The molecule has 0 unspecified atom stereocenters. The number of benzene rings is 10. The minimum absolute atomic E-state index is 1.09. The lowest BCUT2D eigenvalue weighted by Gasteiger charge is -2.29.